The average molecular weight is 351 g/mol. The van der Waals surface area contributed by atoms with Crippen molar-refractivity contribution >= 4 is 28.9 Å². The minimum absolute atomic E-state index is 0.652. The van der Waals surface area contributed by atoms with Crippen LogP contribution in [0, 0.1) is 13.8 Å². The molecule has 1 aromatic heterocycles. The summed E-state index contributed by atoms with van der Waals surface area (Å²) in [5.74, 6) is 0.824. The smallest absolute Gasteiger partial charge is 0.191 e. The molecule has 0 spiro atoms. The van der Waals surface area contributed by atoms with Gasteiger partial charge in [0.2, 0.25) is 0 Å². The highest BCUT2D eigenvalue weighted by Crippen LogP contribution is 2.18. The first kappa shape index (κ1) is 17.8. The number of nitrogens with zero attached hydrogens (tertiary/aromatic N) is 2. The molecule has 0 fully saturated rings. The van der Waals surface area contributed by atoms with Crippen LogP contribution in [-0.2, 0) is 13.0 Å². The van der Waals surface area contributed by atoms with Crippen LogP contribution in [0.1, 0.15) is 28.1 Å². The first-order valence-electron chi connectivity index (χ1n) is 7.78. The molecule has 2 N–H and O–H groups in total. The van der Waals surface area contributed by atoms with E-state index in [1.807, 2.05) is 32.0 Å². The molecular weight excluding hydrogens is 328 g/mol. The van der Waals surface area contributed by atoms with E-state index in [9.17, 15) is 0 Å². The molecule has 0 saturated carbocycles. The Kier molecular flexibility index (Phi) is 6.86. The molecule has 6 heteroatoms. The van der Waals surface area contributed by atoms with Gasteiger partial charge in [-0.3, -0.25) is 0 Å². The molecule has 0 radical (unpaired) electrons. The largest absolute Gasteiger partial charge is 0.357 e. The van der Waals surface area contributed by atoms with Crippen molar-refractivity contribution < 1.29 is 0 Å². The third-order valence-electron chi connectivity index (χ3n) is 3.37. The Labute approximate surface area is 147 Å². The van der Waals surface area contributed by atoms with Gasteiger partial charge >= 0.3 is 0 Å². The van der Waals surface area contributed by atoms with Gasteiger partial charge in [0.15, 0.2) is 5.96 Å². The van der Waals surface area contributed by atoms with Gasteiger partial charge in [0.25, 0.3) is 0 Å². The molecular formula is C17H23ClN4S. The van der Waals surface area contributed by atoms with Crippen molar-refractivity contribution in [1.82, 2.24) is 15.6 Å². The maximum atomic E-state index is 6.18. The molecule has 2 aromatic rings. The lowest BCUT2D eigenvalue weighted by Gasteiger charge is -2.11. The first-order valence-corrected chi connectivity index (χ1v) is 8.98. The van der Waals surface area contributed by atoms with Crippen LogP contribution in [0.5, 0.6) is 0 Å². The molecule has 0 amide bonds. The SMILES string of the molecule is CCNC(=NCc1sc(C)nc1C)NCCc1ccccc1Cl. The van der Waals surface area contributed by atoms with E-state index in [0.717, 1.165) is 46.8 Å². The second kappa shape index (κ2) is 8.89. The van der Waals surface area contributed by atoms with Crippen LogP contribution in [0.25, 0.3) is 0 Å². The molecule has 124 valence electrons. The quantitative estimate of drug-likeness (QED) is 0.616. The summed E-state index contributed by atoms with van der Waals surface area (Å²) >= 11 is 7.89. The second-order valence-electron chi connectivity index (χ2n) is 5.20. The standard InChI is InChI=1S/C17H23ClN4S/c1-4-19-17(21-11-16-12(2)22-13(3)23-16)20-10-9-14-7-5-6-8-15(14)18/h5-8H,4,9-11H2,1-3H3,(H2,19,20,21). The summed E-state index contributed by atoms with van der Waals surface area (Å²) in [5.41, 5.74) is 2.22. The number of aryl methyl sites for hydroxylation is 2. The van der Waals surface area contributed by atoms with Crippen LogP contribution in [0.15, 0.2) is 29.3 Å². The van der Waals surface area contributed by atoms with Crippen LogP contribution in [0.3, 0.4) is 0 Å². The fourth-order valence-corrected chi connectivity index (χ4v) is 3.32. The van der Waals surface area contributed by atoms with Crippen molar-refractivity contribution in [2.45, 2.75) is 33.7 Å². The monoisotopic (exact) mass is 350 g/mol. The van der Waals surface area contributed by atoms with E-state index in [2.05, 4.69) is 33.6 Å². The van der Waals surface area contributed by atoms with Crippen molar-refractivity contribution in [3.05, 3.63) is 50.4 Å². The zero-order valence-corrected chi connectivity index (χ0v) is 15.4. The first-order chi connectivity index (χ1) is 11.1. The van der Waals surface area contributed by atoms with Crippen molar-refractivity contribution in [3.63, 3.8) is 0 Å². The van der Waals surface area contributed by atoms with E-state index in [4.69, 9.17) is 11.6 Å². The Morgan fingerprint density at radius 3 is 2.70 bits per heavy atom. The summed E-state index contributed by atoms with van der Waals surface area (Å²) in [6, 6.07) is 7.93. The maximum absolute atomic E-state index is 6.18. The highest BCUT2D eigenvalue weighted by molar-refractivity contribution is 7.11. The molecule has 0 aliphatic heterocycles. The number of hydrogen-bond acceptors (Lipinski definition) is 3. The number of nitrogens with one attached hydrogen (secondary N) is 2. The molecule has 0 aliphatic rings. The lowest BCUT2D eigenvalue weighted by Crippen LogP contribution is -2.38. The Hall–Kier alpha value is -1.59. The number of thiazole rings is 1. The van der Waals surface area contributed by atoms with Gasteiger partial charge in [-0.2, -0.15) is 0 Å². The van der Waals surface area contributed by atoms with Crippen molar-refractivity contribution in [2.24, 2.45) is 4.99 Å². The summed E-state index contributed by atoms with van der Waals surface area (Å²) < 4.78 is 0. The van der Waals surface area contributed by atoms with Crippen molar-refractivity contribution in [3.8, 4) is 0 Å². The molecule has 0 aliphatic carbocycles. The molecule has 4 nitrogen and oxygen atoms in total. The van der Waals surface area contributed by atoms with E-state index in [0.29, 0.717) is 6.54 Å². The molecule has 0 saturated heterocycles. The zero-order chi connectivity index (χ0) is 16.7. The molecule has 0 bridgehead atoms. The summed E-state index contributed by atoms with van der Waals surface area (Å²) in [4.78, 5) is 10.3. The molecule has 1 aromatic carbocycles. The summed E-state index contributed by atoms with van der Waals surface area (Å²) in [6.45, 7) is 8.39. The number of aliphatic imine (C=N–C) groups is 1. The Morgan fingerprint density at radius 2 is 2.04 bits per heavy atom. The minimum Gasteiger partial charge on any atom is -0.357 e. The van der Waals surface area contributed by atoms with E-state index in [1.165, 1.54) is 4.88 Å². The second-order valence-corrected chi connectivity index (χ2v) is 6.90. The molecule has 2 rings (SSSR count). The van der Waals surface area contributed by atoms with Gasteiger partial charge in [-0.05, 0) is 38.8 Å². The zero-order valence-electron chi connectivity index (χ0n) is 13.8. The van der Waals surface area contributed by atoms with Gasteiger partial charge in [-0.25, -0.2) is 9.98 Å². The normalized spacial score (nSPS) is 11.6. The topological polar surface area (TPSA) is 49.3 Å². The Balaban J connectivity index is 1.91. The number of aromatic nitrogens is 1. The lowest BCUT2D eigenvalue weighted by molar-refractivity contribution is 0.800. The fraction of sp³-hybridized carbons (Fsp3) is 0.412. The van der Waals surface area contributed by atoms with Crippen LogP contribution in [0.4, 0.5) is 0 Å². The van der Waals surface area contributed by atoms with Crippen LogP contribution >= 0.6 is 22.9 Å². The number of halogens is 1. The highest BCUT2D eigenvalue weighted by atomic mass is 35.5. The molecule has 1 heterocycles. The number of rotatable bonds is 6. The summed E-state index contributed by atoms with van der Waals surface area (Å²) in [5, 5.41) is 8.53. The lowest BCUT2D eigenvalue weighted by atomic mass is 10.1. The van der Waals surface area contributed by atoms with Crippen molar-refractivity contribution in [2.75, 3.05) is 13.1 Å². The maximum Gasteiger partial charge on any atom is 0.191 e. The molecule has 23 heavy (non-hydrogen) atoms. The van der Waals surface area contributed by atoms with Crippen molar-refractivity contribution in [1.29, 1.82) is 0 Å². The van der Waals surface area contributed by atoms with E-state index in [1.54, 1.807) is 11.3 Å². The Bertz CT molecular complexity index is 666. The highest BCUT2D eigenvalue weighted by Gasteiger charge is 2.05. The fourth-order valence-electron chi connectivity index (χ4n) is 2.23. The van der Waals surface area contributed by atoms with Crippen LogP contribution in [0.2, 0.25) is 5.02 Å². The van der Waals surface area contributed by atoms with Gasteiger partial charge in [0.1, 0.15) is 0 Å². The van der Waals surface area contributed by atoms with Gasteiger partial charge in [0, 0.05) is 23.0 Å². The van der Waals surface area contributed by atoms with E-state index >= 15 is 0 Å². The number of benzene rings is 1. The predicted molar refractivity (Wildman–Crippen MR) is 99.6 cm³/mol. The van der Waals surface area contributed by atoms with Crippen LogP contribution in [-0.4, -0.2) is 24.0 Å². The summed E-state index contributed by atoms with van der Waals surface area (Å²) in [7, 11) is 0. The number of guanidine groups is 1. The summed E-state index contributed by atoms with van der Waals surface area (Å²) in [6.07, 6.45) is 0.864. The third kappa shape index (κ3) is 5.52. The third-order valence-corrected chi connectivity index (χ3v) is 4.80. The van der Waals surface area contributed by atoms with E-state index in [-0.39, 0.29) is 0 Å². The van der Waals surface area contributed by atoms with Gasteiger partial charge in [-0.1, -0.05) is 29.8 Å². The number of hydrogen-bond donors (Lipinski definition) is 2. The average Bonchev–Trinajstić information content (AvgIpc) is 2.84. The van der Waals surface area contributed by atoms with E-state index < -0.39 is 0 Å². The van der Waals surface area contributed by atoms with Crippen LogP contribution < -0.4 is 10.6 Å². The molecule has 0 unspecified atom stereocenters. The Morgan fingerprint density at radius 1 is 1.26 bits per heavy atom. The van der Waals surface area contributed by atoms with Gasteiger partial charge in [0.05, 0.1) is 17.2 Å². The van der Waals surface area contributed by atoms with Gasteiger partial charge in [-0.15, -0.1) is 11.3 Å². The molecule has 0 atom stereocenters. The minimum atomic E-state index is 0.652. The predicted octanol–water partition coefficient (Wildman–Crippen LogP) is 3.71. The van der Waals surface area contributed by atoms with Gasteiger partial charge < -0.3 is 10.6 Å².